The average Bonchev–Trinajstić information content (AvgIpc) is 2.59. The molecular formula is C7H4N2O4S2. The molecular weight excluding hydrogens is 240 g/mol. The number of nitro groups is 1. The van der Waals surface area contributed by atoms with E-state index in [2.05, 4.69) is 4.98 Å². The summed E-state index contributed by atoms with van der Waals surface area (Å²) in [6, 6.07) is 4.11. The Hall–Kier alpha value is -1.38. The highest BCUT2D eigenvalue weighted by molar-refractivity contribution is 7.81. The van der Waals surface area contributed by atoms with Crippen LogP contribution in [0.4, 0.5) is 5.69 Å². The van der Waals surface area contributed by atoms with Crippen molar-refractivity contribution in [2.75, 3.05) is 0 Å². The summed E-state index contributed by atoms with van der Waals surface area (Å²) in [4.78, 5) is 13.8. The number of nitrogens with zero attached hydrogens (tertiary/aromatic N) is 2. The number of non-ortho nitro benzene ring substituents is 1. The molecule has 0 aliphatic heterocycles. The van der Waals surface area contributed by atoms with E-state index in [1.165, 1.54) is 18.2 Å². The molecule has 0 spiro atoms. The lowest BCUT2D eigenvalue weighted by Crippen LogP contribution is -1.86. The fraction of sp³-hybridized carbons (Fsp3) is 0. The fourth-order valence-electron chi connectivity index (χ4n) is 1.08. The molecule has 1 aromatic heterocycles. The van der Waals surface area contributed by atoms with Gasteiger partial charge in [0, 0.05) is 12.1 Å². The number of rotatable bonds is 2. The fourth-order valence-corrected chi connectivity index (χ4v) is 2.54. The van der Waals surface area contributed by atoms with Crippen LogP contribution in [-0.4, -0.2) is 18.7 Å². The first kappa shape index (κ1) is 10.1. The van der Waals surface area contributed by atoms with E-state index in [1.54, 1.807) is 0 Å². The molecule has 1 atom stereocenters. The van der Waals surface area contributed by atoms with Gasteiger partial charge in [-0.05, 0) is 6.07 Å². The largest absolute Gasteiger partial charge is 0.300 e. The van der Waals surface area contributed by atoms with E-state index in [1.807, 2.05) is 0 Å². The molecule has 6 nitrogen and oxygen atoms in total. The van der Waals surface area contributed by atoms with E-state index in [4.69, 9.17) is 4.55 Å². The van der Waals surface area contributed by atoms with Crippen molar-refractivity contribution in [2.45, 2.75) is 4.34 Å². The Kier molecular flexibility index (Phi) is 2.47. The monoisotopic (exact) mass is 244 g/mol. The van der Waals surface area contributed by atoms with E-state index in [0.717, 1.165) is 11.3 Å². The second-order valence-corrected chi connectivity index (χ2v) is 4.81. The van der Waals surface area contributed by atoms with Crippen molar-refractivity contribution in [3.63, 3.8) is 0 Å². The van der Waals surface area contributed by atoms with Gasteiger partial charge in [0.05, 0.1) is 15.1 Å². The highest BCUT2D eigenvalue weighted by Crippen LogP contribution is 2.27. The van der Waals surface area contributed by atoms with Gasteiger partial charge in [-0.15, -0.1) is 11.3 Å². The zero-order chi connectivity index (χ0) is 11.0. The summed E-state index contributed by atoms with van der Waals surface area (Å²) in [7, 11) is 0. The van der Waals surface area contributed by atoms with E-state index < -0.39 is 16.0 Å². The molecule has 1 unspecified atom stereocenters. The van der Waals surface area contributed by atoms with Crippen molar-refractivity contribution in [2.24, 2.45) is 0 Å². The van der Waals surface area contributed by atoms with Crippen molar-refractivity contribution in [1.82, 2.24) is 4.98 Å². The molecule has 8 heteroatoms. The minimum Gasteiger partial charge on any atom is -0.300 e. The van der Waals surface area contributed by atoms with Crippen molar-refractivity contribution in [3.8, 4) is 0 Å². The molecule has 1 aromatic carbocycles. The molecule has 0 saturated heterocycles. The Morgan fingerprint density at radius 3 is 2.87 bits per heavy atom. The van der Waals surface area contributed by atoms with Gasteiger partial charge in [-0.1, -0.05) is 0 Å². The molecule has 0 aliphatic carbocycles. The number of hydrogen-bond donors (Lipinski definition) is 1. The van der Waals surface area contributed by atoms with E-state index >= 15 is 0 Å². The Bertz CT molecular complexity index is 553. The van der Waals surface area contributed by atoms with Gasteiger partial charge in [0.1, 0.15) is 0 Å². The third-order valence-electron chi connectivity index (χ3n) is 1.71. The molecule has 0 bridgehead atoms. The van der Waals surface area contributed by atoms with Gasteiger partial charge in [-0.2, -0.15) is 0 Å². The highest BCUT2D eigenvalue weighted by Gasteiger charge is 2.12. The minimum absolute atomic E-state index is 0.0468. The van der Waals surface area contributed by atoms with Gasteiger partial charge in [-0.3, -0.25) is 10.1 Å². The summed E-state index contributed by atoms with van der Waals surface area (Å²) < 4.78 is 20.1. The van der Waals surface area contributed by atoms with Crippen LogP contribution in [0.3, 0.4) is 0 Å². The van der Waals surface area contributed by atoms with Crippen LogP contribution in [0, 0.1) is 10.1 Å². The lowest BCUT2D eigenvalue weighted by atomic mass is 10.3. The second kappa shape index (κ2) is 3.65. The number of hydrogen-bond acceptors (Lipinski definition) is 5. The summed E-state index contributed by atoms with van der Waals surface area (Å²) in [6.45, 7) is 0. The first-order chi connectivity index (χ1) is 7.08. The number of benzene rings is 1. The molecule has 1 N–H and O–H groups in total. The lowest BCUT2D eigenvalue weighted by molar-refractivity contribution is -0.384. The quantitative estimate of drug-likeness (QED) is 0.493. The van der Waals surface area contributed by atoms with E-state index in [0.29, 0.717) is 10.2 Å². The number of fused-ring (bicyclic) bond motifs is 1. The lowest BCUT2D eigenvalue weighted by Gasteiger charge is -1.88. The summed E-state index contributed by atoms with van der Waals surface area (Å²) in [5.41, 5.74) is 0.435. The van der Waals surface area contributed by atoms with Crippen LogP contribution >= 0.6 is 11.3 Å². The zero-order valence-corrected chi connectivity index (χ0v) is 8.75. The Morgan fingerprint density at radius 2 is 2.27 bits per heavy atom. The molecule has 0 amide bonds. The normalized spacial score (nSPS) is 12.9. The van der Waals surface area contributed by atoms with Crippen LogP contribution in [0.25, 0.3) is 10.2 Å². The van der Waals surface area contributed by atoms with Gasteiger partial charge in [0.2, 0.25) is 15.4 Å². The second-order valence-electron chi connectivity index (χ2n) is 2.64. The Morgan fingerprint density at radius 1 is 1.53 bits per heavy atom. The first-order valence-electron chi connectivity index (χ1n) is 3.74. The standard InChI is InChI=1S/C7H4N2O4S2/c10-9(11)4-1-2-5-6(3-4)14-7(8-5)15(12)13/h1-3H,(H,12,13). The summed E-state index contributed by atoms with van der Waals surface area (Å²) in [5.74, 6) is 0. The van der Waals surface area contributed by atoms with Gasteiger partial charge in [0.25, 0.3) is 5.69 Å². The van der Waals surface area contributed by atoms with Crippen LogP contribution in [0.1, 0.15) is 0 Å². The molecule has 0 radical (unpaired) electrons. The van der Waals surface area contributed by atoms with Crippen molar-refractivity contribution < 1.29 is 13.7 Å². The molecule has 78 valence electrons. The zero-order valence-electron chi connectivity index (χ0n) is 7.11. The first-order valence-corrected chi connectivity index (χ1v) is 5.66. The van der Waals surface area contributed by atoms with Crippen LogP contribution in [0.15, 0.2) is 22.5 Å². The highest BCUT2D eigenvalue weighted by atomic mass is 32.2. The topological polar surface area (TPSA) is 93.3 Å². The molecule has 15 heavy (non-hydrogen) atoms. The minimum atomic E-state index is -2.14. The maximum absolute atomic E-state index is 10.7. The number of nitro benzene ring substituents is 1. The molecule has 0 aliphatic rings. The third-order valence-corrected chi connectivity index (χ3v) is 3.59. The van der Waals surface area contributed by atoms with E-state index in [9.17, 15) is 14.3 Å². The maximum Gasteiger partial charge on any atom is 0.270 e. The number of thiazole rings is 1. The van der Waals surface area contributed by atoms with Crippen LogP contribution < -0.4 is 0 Å². The number of aromatic nitrogens is 1. The van der Waals surface area contributed by atoms with Crippen molar-refractivity contribution in [1.29, 1.82) is 0 Å². The SMILES string of the molecule is O=[N+]([O-])c1ccc2nc(S(=O)O)sc2c1. The van der Waals surface area contributed by atoms with Crippen LogP contribution in [-0.2, 0) is 11.1 Å². The Balaban J connectivity index is 2.62. The Labute approximate surface area is 90.0 Å². The third kappa shape index (κ3) is 1.87. The van der Waals surface area contributed by atoms with Crippen molar-refractivity contribution in [3.05, 3.63) is 28.3 Å². The predicted molar refractivity (Wildman–Crippen MR) is 55.3 cm³/mol. The van der Waals surface area contributed by atoms with Crippen LogP contribution in [0.2, 0.25) is 0 Å². The molecule has 0 saturated carbocycles. The van der Waals surface area contributed by atoms with Gasteiger partial charge >= 0.3 is 0 Å². The smallest absolute Gasteiger partial charge is 0.270 e. The van der Waals surface area contributed by atoms with Crippen molar-refractivity contribution >= 4 is 38.3 Å². The molecule has 1 heterocycles. The predicted octanol–water partition coefficient (Wildman–Crippen LogP) is 1.79. The van der Waals surface area contributed by atoms with Gasteiger partial charge in [-0.25, -0.2) is 9.19 Å². The van der Waals surface area contributed by atoms with Crippen LogP contribution in [0.5, 0.6) is 0 Å². The van der Waals surface area contributed by atoms with E-state index in [-0.39, 0.29) is 10.0 Å². The van der Waals surface area contributed by atoms with Gasteiger partial charge in [0.15, 0.2) is 0 Å². The molecule has 0 fully saturated rings. The molecule has 2 rings (SSSR count). The summed E-state index contributed by atoms with van der Waals surface area (Å²) in [5, 5.41) is 10.5. The summed E-state index contributed by atoms with van der Waals surface area (Å²) in [6.07, 6.45) is 0. The maximum atomic E-state index is 10.7. The average molecular weight is 244 g/mol. The van der Waals surface area contributed by atoms with Gasteiger partial charge < -0.3 is 4.55 Å². The summed E-state index contributed by atoms with van der Waals surface area (Å²) >= 11 is -1.17. The molecule has 2 aromatic rings.